The lowest BCUT2D eigenvalue weighted by atomic mass is 10.2. The molecule has 0 bridgehead atoms. The summed E-state index contributed by atoms with van der Waals surface area (Å²) in [5, 5.41) is 10.8. The number of aryl methyl sites for hydroxylation is 2. The number of carbonyl (C=O) groups excluding carboxylic acids is 1. The molecule has 0 aliphatic carbocycles. The van der Waals surface area contributed by atoms with Crippen LogP contribution in [0.15, 0.2) is 18.2 Å². The molecule has 0 aliphatic rings. The summed E-state index contributed by atoms with van der Waals surface area (Å²) in [6, 6.07) is 4.87. The highest BCUT2D eigenvalue weighted by atomic mass is 35.5. The van der Waals surface area contributed by atoms with Crippen LogP contribution in [-0.4, -0.2) is 21.1 Å². The largest absolute Gasteiger partial charge is 0.398 e. The molecule has 0 saturated heterocycles. The van der Waals surface area contributed by atoms with E-state index in [1.165, 1.54) is 0 Å². The second-order valence-corrected chi connectivity index (χ2v) is 4.78. The monoisotopic (exact) mass is 305 g/mol. The number of nitrogens with two attached hydrogens (primary N) is 1. The van der Waals surface area contributed by atoms with E-state index in [1.54, 1.807) is 18.2 Å². The Morgan fingerprint density at radius 2 is 1.95 bits per heavy atom. The molecule has 1 aromatic heterocycles. The third-order valence-corrected chi connectivity index (χ3v) is 3.43. The summed E-state index contributed by atoms with van der Waals surface area (Å²) in [6.07, 6.45) is 1.47. The molecule has 0 saturated carbocycles. The first-order valence-corrected chi connectivity index (χ1v) is 7.02. The maximum atomic E-state index is 12.2. The van der Waals surface area contributed by atoms with Crippen molar-refractivity contribution in [2.24, 2.45) is 0 Å². The molecule has 0 fully saturated rings. The number of nitrogen functional groups attached to an aromatic ring is 1. The van der Waals surface area contributed by atoms with Crippen molar-refractivity contribution < 1.29 is 4.79 Å². The average molecular weight is 306 g/mol. The summed E-state index contributed by atoms with van der Waals surface area (Å²) in [6.45, 7) is 3.96. The number of hydrogen-bond donors (Lipinski definition) is 2. The third-order valence-electron chi connectivity index (χ3n) is 3.01. The van der Waals surface area contributed by atoms with Gasteiger partial charge in [-0.1, -0.05) is 31.5 Å². The molecular formula is C14H16ClN5O. The minimum atomic E-state index is -0.416. The van der Waals surface area contributed by atoms with E-state index in [4.69, 9.17) is 17.3 Å². The van der Waals surface area contributed by atoms with Crippen molar-refractivity contribution in [2.45, 2.75) is 26.7 Å². The van der Waals surface area contributed by atoms with Crippen molar-refractivity contribution in [1.29, 1.82) is 0 Å². The van der Waals surface area contributed by atoms with Crippen LogP contribution >= 0.6 is 11.6 Å². The molecule has 1 heterocycles. The van der Waals surface area contributed by atoms with E-state index in [0.717, 1.165) is 24.2 Å². The van der Waals surface area contributed by atoms with Gasteiger partial charge in [0.2, 0.25) is 5.95 Å². The fraction of sp³-hybridized carbons (Fsp3) is 0.286. The third kappa shape index (κ3) is 3.28. The predicted molar refractivity (Wildman–Crippen MR) is 82.4 cm³/mol. The van der Waals surface area contributed by atoms with Gasteiger partial charge in [0, 0.05) is 0 Å². The molecular weight excluding hydrogens is 290 g/mol. The van der Waals surface area contributed by atoms with Crippen molar-refractivity contribution in [2.75, 3.05) is 11.1 Å². The fourth-order valence-corrected chi connectivity index (χ4v) is 2.10. The van der Waals surface area contributed by atoms with Gasteiger partial charge in [0.15, 0.2) is 0 Å². The molecule has 1 amide bonds. The Morgan fingerprint density at radius 3 is 2.62 bits per heavy atom. The number of carbonyl (C=O) groups is 1. The van der Waals surface area contributed by atoms with Gasteiger partial charge in [0.1, 0.15) is 0 Å². The molecule has 3 N–H and O–H groups in total. The van der Waals surface area contributed by atoms with Gasteiger partial charge in [-0.3, -0.25) is 10.1 Å². The van der Waals surface area contributed by atoms with Crippen LogP contribution in [-0.2, 0) is 12.8 Å². The smallest absolute Gasteiger partial charge is 0.259 e. The molecule has 21 heavy (non-hydrogen) atoms. The Hall–Kier alpha value is -2.21. The Labute approximate surface area is 127 Å². The summed E-state index contributed by atoms with van der Waals surface area (Å²) < 4.78 is 0. The van der Waals surface area contributed by atoms with E-state index < -0.39 is 5.91 Å². The SMILES string of the molecule is CCc1nnc(NC(=O)c2cccc(N)c2Cl)nc1CC. The number of amides is 1. The zero-order valence-corrected chi connectivity index (χ0v) is 12.6. The topological polar surface area (TPSA) is 93.8 Å². The van der Waals surface area contributed by atoms with Crippen LogP contribution in [0.1, 0.15) is 35.6 Å². The first-order chi connectivity index (χ1) is 10.1. The van der Waals surface area contributed by atoms with Crippen LogP contribution in [0, 0.1) is 0 Å². The van der Waals surface area contributed by atoms with E-state index in [0.29, 0.717) is 5.69 Å². The minimum absolute atomic E-state index is 0.160. The van der Waals surface area contributed by atoms with E-state index in [-0.39, 0.29) is 16.5 Å². The molecule has 110 valence electrons. The first-order valence-electron chi connectivity index (χ1n) is 6.64. The van der Waals surface area contributed by atoms with Crippen LogP contribution in [0.25, 0.3) is 0 Å². The van der Waals surface area contributed by atoms with Crippen LogP contribution in [0.5, 0.6) is 0 Å². The maximum Gasteiger partial charge on any atom is 0.259 e. The van der Waals surface area contributed by atoms with Crippen LogP contribution in [0.4, 0.5) is 11.6 Å². The molecule has 0 radical (unpaired) electrons. The molecule has 6 nitrogen and oxygen atoms in total. The summed E-state index contributed by atoms with van der Waals surface area (Å²) in [5.41, 5.74) is 7.95. The number of nitrogens with one attached hydrogen (secondary N) is 1. The van der Waals surface area contributed by atoms with Gasteiger partial charge in [-0.05, 0) is 25.0 Å². The lowest BCUT2D eigenvalue weighted by Crippen LogP contribution is -2.17. The Morgan fingerprint density at radius 1 is 1.24 bits per heavy atom. The lowest BCUT2D eigenvalue weighted by Gasteiger charge is -2.08. The molecule has 0 aliphatic heterocycles. The zero-order valence-electron chi connectivity index (χ0n) is 11.9. The summed E-state index contributed by atoms with van der Waals surface area (Å²) in [5.74, 6) is -0.257. The Bertz CT molecular complexity index is 674. The molecule has 0 spiro atoms. The van der Waals surface area contributed by atoms with E-state index in [2.05, 4.69) is 20.5 Å². The number of aromatic nitrogens is 3. The lowest BCUT2D eigenvalue weighted by molar-refractivity contribution is 0.102. The molecule has 0 atom stereocenters. The van der Waals surface area contributed by atoms with Crippen LogP contribution in [0.2, 0.25) is 5.02 Å². The van der Waals surface area contributed by atoms with Gasteiger partial charge in [-0.15, -0.1) is 10.2 Å². The van der Waals surface area contributed by atoms with Gasteiger partial charge in [0.25, 0.3) is 5.91 Å². The van der Waals surface area contributed by atoms with Gasteiger partial charge < -0.3 is 5.73 Å². The summed E-state index contributed by atoms with van der Waals surface area (Å²) in [7, 11) is 0. The van der Waals surface area contributed by atoms with Gasteiger partial charge in [-0.25, -0.2) is 4.98 Å². The molecule has 1 aromatic carbocycles. The van der Waals surface area contributed by atoms with Crippen molar-refractivity contribution in [3.05, 3.63) is 40.2 Å². The number of halogens is 1. The first kappa shape index (κ1) is 15.2. The Kier molecular flexibility index (Phi) is 4.70. The van der Waals surface area contributed by atoms with Crippen LogP contribution in [0.3, 0.4) is 0 Å². The second kappa shape index (κ2) is 6.49. The minimum Gasteiger partial charge on any atom is -0.398 e. The van der Waals surface area contributed by atoms with Crippen LogP contribution < -0.4 is 11.1 Å². The van der Waals surface area contributed by atoms with Gasteiger partial charge in [-0.2, -0.15) is 0 Å². The molecule has 0 unspecified atom stereocenters. The average Bonchev–Trinajstić information content (AvgIpc) is 2.49. The number of benzene rings is 1. The summed E-state index contributed by atoms with van der Waals surface area (Å²) >= 11 is 6.02. The second-order valence-electron chi connectivity index (χ2n) is 4.40. The predicted octanol–water partition coefficient (Wildman–Crippen LogP) is 2.48. The fourth-order valence-electron chi connectivity index (χ4n) is 1.89. The quantitative estimate of drug-likeness (QED) is 0.846. The highest BCUT2D eigenvalue weighted by Crippen LogP contribution is 2.23. The molecule has 2 aromatic rings. The highest BCUT2D eigenvalue weighted by molar-refractivity contribution is 6.36. The van der Waals surface area contributed by atoms with E-state index in [1.807, 2.05) is 13.8 Å². The zero-order chi connectivity index (χ0) is 15.4. The highest BCUT2D eigenvalue weighted by Gasteiger charge is 2.14. The van der Waals surface area contributed by atoms with Crippen molar-refractivity contribution >= 4 is 29.1 Å². The van der Waals surface area contributed by atoms with Crippen molar-refractivity contribution in [3.63, 3.8) is 0 Å². The number of nitrogens with zero attached hydrogens (tertiary/aromatic N) is 3. The number of hydrogen-bond acceptors (Lipinski definition) is 5. The van der Waals surface area contributed by atoms with Crippen molar-refractivity contribution in [1.82, 2.24) is 15.2 Å². The van der Waals surface area contributed by atoms with E-state index in [9.17, 15) is 4.79 Å². The van der Waals surface area contributed by atoms with Gasteiger partial charge in [0.05, 0.1) is 27.7 Å². The van der Waals surface area contributed by atoms with E-state index >= 15 is 0 Å². The van der Waals surface area contributed by atoms with Gasteiger partial charge >= 0.3 is 0 Å². The number of anilines is 2. The summed E-state index contributed by atoms with van der Waals surface area (Å²) in [4.78, 5) is 16.5. The standard InChI is InChI=1S/C14H16ClN5O/c1-3-10-11(4-2)19-20-14(17-10)18-13(21)8-6-5-7-9(16)12(8)15/h5-7H,3-4,16H2,1-2H3,(H,17,18,20,21). The molecule has 2 rings (SSSR count). The van der Waals surface area contributed by atoms with Crippen molar-refractivity contribution in [3.8, 4) is 0 Å². The maximum absolute atomic E-state index is 12.2. The number of rotatable bonds is 4. The Balaban J connectivity index is 2.25. The normalized spacial score (nSPS) is 10.4. The molecule has 7 heteroatoms.